The fourth-order valence-electron chi connectivity index (χ4n) is 1.14. The molecule has 3 nitrogen and oxygen atoms in total. The number of esters is 1. The summed E-state index contributed by atoms with van der Waals surface area (Å²) < 4.78 is 22.6. The summed E-state index contributed by atoms with van der Waals surface area (Å²) in [4.78, 5) is 11.1. The van der Waals surface area contributed by atoms with Crippen LogP contribution in [0, 0.1) is 18.2 Å². The zero-order valence-electron chi connectivity index (χ0n) is 8.33. The Morgan fingerprint density at radius 2 is 2.13 bits per heavy atom. The summed E-state index contributed by atoms with van der Waals surface area (Å²) >= 11 is 0. The van der Waals surface area contributed by atoms with Crippen molar-refractivity contribution in [1.29, 1.82) is 0 Å². The minimum atomic E-state index is -0.687. The van der Waals surface area contributed by atoms with Crippen LogP contribution in [-0.4, -0.2) is 20.2 Å². The topological polar surface area (TPSA) is 35.5 Å². The molecular formula is C11H9FO3. The van der Waals surface area contributed by atoms with E-state index in [4.69, 9.17) is 11.2 Å². The third kappa shape index (κ3) is 2.08. The normalized spacial score (nSPS) is 9.20. The summed E-state index contributed by atoms with van der Waals surface area (Å²) in [7, 11) is 2.51. The quantitative estimate of drug-likeness (QED) is 0.547. The lowest BCUT2D eigenvalue weighted by Crippen LogP contribution is -2.04. The fourth-order valence-corrected chi connectivity index (χ4v) is 1.14. The molecule has 0 N–H and O–H groups in total. The van der Waals surface area contributed by atoms with Gasteiger partial charge in [0.2, 0.25) is 0 Å². The van der Waals surface area contributed by atoms with E-state index in [2.05, 4.69) is 10.7 Å². The van der Waals surface area contributed by atoms with Crippen molar-refractivity contribution in [2.24, 2.45) is 0 Å². The minimum absolute atomic E-state index is 0.0508. The van der Waals surface area contributed by atoms with Crippen molar-refractivity contribution in [2.75, 3.05) is 14.2 Å². The number of rotatable bonds is 2. The Kier molecular flexibility index (Phi) is 3.29. The summed E-state index contributed by atoms with van der Waals surface area (Å²) in [5.74, 6) is 0.851. The molecule has 1 rings (SSSR count). The highest BCUT2D eigenvalue weighted by Gasteiger charge is 2.14. The number of halogens is 1. The average molecular weight is 208 g/mol. The van der Waals surface area contributed by atoms with Crippen LogP contribution in [0.25, 0.3) is 0 Å². The molecule has 0 spiro atoms. The van der Waals surface area contributed by atoms with Crippen molar-refractivity contribution in [3.05, 3.63) is 29.1 Å². The third-order valence-electron chi connectivity index (χ3n) is 1.82. The highest BCUT2D eigenvalue weighted by molar-refractivity contribution is 5.90. The Labute approximate surface area is 86.8 Å². The van der Waals surface area contributed by atoms with E-state index < -0.39 is 11.8 Å². The van der Waals surface area contributed by atoms with Crippen molar-refractivity contribution in [3.63, 3.8) is 0 Å². The Morgan fingerprint density at radius 1 is 1.47 bits per heavy atom. The first-order valence-corrected chi connectivity index (χ1v) is 4.06. The molecular weight excluding hydrogens is 199 g/mol. The zero-order chi connectivity index (χ0) is 11.4. The average Bonchev–Trinajstić information content (AvgIpc) is 2.26. The van der Waals surface area contributed by atoms with Crippen molar-refractivity contribution in [3.8, 4) is 18.1 Å². The van der Waals surface area contributed by atoms with Gasteiger partial charge in [-0.15, -0.1) is 6.42 Å². The maximum atomic E-state index is 13.4. The van der Waals surface area contributed by atoms with Crippen LogP contribution in [0.1, 0.15) is 15.9 Å². The van der Waals surface area contributed by atoms with Gasteiger partial charge in [0, 0.05) is 0 Å². The van der Waals surface area contributed by atoms with Crippen LogP contribution >= 0.6 is 0 Å². The Morgan fingerprint density at radius 3 is 2.60 bits per heavy atom. The molecule has 0 unspecified atom stereocenters. The van der Waals surface area contributed by atoms with Gasteiger partial charge in [0.1, 0.15) is 0 Å². The lowest BCUT2D eigenvalue weighted by Gasteiger charge is -2.06. The number of benzene rings is 1. The first-order valence-electron chi connectivity index (χ1n) is 4.06. The van der Waals surface area contributed by atoms with E-state index in [1.54, 1.807) is 0 Å². The molecule has 0 aliphatic heterocycles. The molecule has 0 fully saturated rings. The molecule has 1 aromatic rings. The van der Waals surface area contributed by atoms with E-state index in [0.29, 0.717) is 0 Å². The van der Waals surface area contributed by atoms with Crippen LogP contribution < -0.4 is 4.74 Å². The molecule has 0 bridgehead atoms. The van der Waals surface area contributed by atoms with Crippen LogP contribution in [0.3, 0.4) is 0 Å². The largest absolute Gasteiger partial charge is 0.492 e. The van der Waals surface area contributed by atoms with Crippen LogP contribution in [-0.2, 0) is 4.74 Å². The summed E-state index contributed by atoms with van der Waals surface area (Å²) in [6.45, 7) is 0. The number of terminal acetylenes is 1. The number of hydrogen-bond acceptors (Lipinski definition) is 3. The van der Waals surface area contributed by atoms with Gasteiger partial charge in [-0.1, -0.05) is 5.92 Å². The molecule has 0 atom stereocenters. The highest BCUT2D eigenvalue weighted by Crippen LogP contribution is 2.23. The molecule has 0 saturated carbocycles. The van der Waals surface area contributed by atoms with Gasteiger partial charge in [-0.2, -0.15) is 0 Å². The molecule has 78 valence electrons. The molecule has 15 heavy (non-hydrogen) atoms. The molecule has 0 aromatic heterocycles. The number of carbonyl (C=O) groups is 1. The first kappa shape index (κ1) is 11.1. The van der Waals surface area contributed by atoms with Gasteiger partial charge in [0.05, 0.1) is 25.3 Å². The molecule has 0 amide bonds. The van der Waals surface area contributed by atoms with Gasteiger partial charge in [0.25, 0.3) is 0 Å². The number of carbonyl (C=O) groups excluding carboxylic acids is 1. The van der Waals surface area contributed by atoms with Gasteiger partial charge in [-0.3, -0.25) is 0 Å². The second-order valence-electron chi connectivity index (χ2n) is 2.67. The zero-order valence-corrected chi connectivity index (χ0v) is 8.33. The van der Waals surface area contributed by atoms with Gasteiger partial charge < -0.3 is 9.47 Å². The number of methoxy groups -OCH3 is 2. The summed E-state index contributed by atoms with van der Waals surface area (Å²) in [6.07, 6.45) is 5.16. The van der Waals surface area contributed by atoms with Crippen molar-refractivity contribution in [2.45, 2.75) is 0 Å². The van der Waals surface area contributed by atoms with Crippen molar-refractivity contribution >= 4 is 5.97 Å². The second kappa shape index (κ2) is 4.47. The molecule has 0 saturated heterocycles. The number of ether oxygens (including phenoxy) is 2. The lowest BCUT2D eigenvalue weighted by molar-refractivity contribution is 0.0600. The summed E-state index contributed by atoms with van der Waals surface area (Å²) in [5, 5.41) is 0. The molecule has 0 heterocycles. The summed E-state index contributed by atoms with van der Waals surface area (Å²) in [6, 6.07) is 2.36. The van der Waals surface area contributed by atoms with E-state index in [0.717, 1.165) is 6.07 Å². The van der Waals surface area contributed by atoms with Gasteiger partial charge in [-0.05, 0) is 12.1 Å². The van der Waals surface area contributed by atoms with E-state index in [1.165, 1.54) is 20.3 Å². The first-order chi connectivity index (χ1) is 7.13. The van der Waals surface area contributed by atoms with Crippen LogP contribution in [0.4, 0.5) is 4.39 Å². The maximum absolute atomic E-state index is 13.4. The molecule has 1 aromatic carbocycles. The minimum Gasteiger partial charge on any atom is -0.492 e. The van der Waals surface area contributed by atoms with Crippen molar-refractivity contribution in [1.82, 2.24) is 0 Å². The monoisotopic (exact) mass is 208 g/mol. The van der Waals surface area contributed by atoms with E-state index in [-0.39, 0.29) is 16.9 Å². The Hall–Kier alpha value is -2.02. The van der Waals surface area contributed by atoms with E-state index in [1.807, 2.05) is 0 Å². The highest BCUT2D eigenvalue weighted by atomic mass is 19.1. The Balaban J connectivity index is 3.33. The summed E-state index contributed by atoms with van der Waals surface area (Å²) in [5.41, 5.74) is 0.238. The maximum Gasteiger partial charge on any atom is 0.337 e. The Bertz CT molecular complexity index is 432. The fraction of sp³-hybridized carbons (Fsp3) is 0.182. The number of hydrogen-bond donors (Lipinski definition) is 0. The second-order valence-corrected chi connectivity index (χ2v) is 2.67. The van der Waals surface area contributed by atoms with Gasteiger partial charge in [-0.25, -0.2) is 9.18 Å². The lowest BCUT2D eigenvalue weighted by atomic mass is 10.1. The predicted molar refractivity (Wildman–Crippen MR) is 52.2 cm³/mol. The van der Waals surface area contributed by atoms with Crippen molar-refractivity contribution < 1.29 is 18.7 Å². The van der Waals surface area contributed by atoms with Crippen LogP contribution in [0.15, 0.2) is 12.1 Å². The van der Waals surface area contributed by atoms with Crippen LogP contribution in [0.5, 0.6) is 5.75 Å². The standard InChI is InChI=1S/C11H9FO3/c1-4-7-5-8(11(13)15-3)6-9(12)10(7)14-2/h1,5-6H,2-3H3. The molecule has 0 aliphatic rings. The molecule has 4 heteroatoms. The van der Waals surface area contributed by atoms with E-state index in [9.17, 15) is 9.18 Å². The SMILES string of the molecule is C#Cc1cc(C(=O)OC)cc(F)c1OC. The molecule has 0 radical (unpaired) electrons. The van der Waals surface area contributed by atoms with E-state index >= 15 is 0 Å². The predicted octanol–water partition coefficient (Wildman–Crippen LogP) is 1.60. The van der Waals surface area contributed by atoms with Gasteiger partial charge in [0.15, 0.2) is 11.6 Å². The third-order valence-corrected chi connectivity index (χ3v) is 1.82. The smallest absolute Gasteiger partial charge is 0.337 e. The van der Waals surface area contributed by atoms with Gasteiger partial charge >= 0.3 is 5.97 Å². The molecule has 0 aliphatic carbocycles. The van der Waals surface area contributed by atoms with Crippen LogP contribution in [0.2, 0.25) is 0 Å².